The van der Waals surface area contributed by atoms with Crippen LogP contribution in [0.1, 0.15) is 24.5 Å². The lowest BCUT2D eigenvalue weighted by molar-refractivity contribution is -0.121. The van der Waals surface area contributed by atoms with Gasteiger partial charge in [-0.1, -0.05) is 18.6 Å². The summed E-state index contributed by atoms with van der Waals surface area (Å²) < 4.78 is 0. The fourth-order valence-electron chi connectivity index (χ4n) is 2.52. The second-order valence-corrected chi connectivity index (χ2v) is 5.21. The van der Waals surface area contributed by atoms with Gasteiger partial charge in [-0.2, -0.15) is 5.10 Å². The molecule has 104 valence electrons. The van der Waals surface area contributed by atoms with Crippen LogP contribution in [0.5, 0.6) is 0 Å². The molecule has 0 unspecified atom stereocenters. The molecule has 0 spiro atoms. The van der Waals surface area contributed by atoms with Gasteiger partial charge < -0.3 is 10.4 Å². The Morgan fingerprint density at radius 2 is 2.30 bits per heavy atom. The third-order valence-electron chi connectivity index (χ3n) is 3.41. The van der Waals surface area contributed by atoms with Gasteiger partial charge in [-0.3, -0.25) is 15.1 Å². The molecule has 20 heavy (non-hydrogen) atoms. The summed E-state index contributed by atoms with van der Waals surface area (Å²) in [6.45, 7) is 3.69. The van der Waals surface area contributed by atoms with Crippen molar-refractivity contribution in [3.05, 3.63) is 29.3 Å². The Labute approximate surface area is 121 Å². The van der Waals surface area contributed by atoms with Gasteiger partial charge in [-0.25, -0.2) is 0 Å². The van der Waals surface area contributed by atoms with Crippen molar-refractivity contribution in [1.82, 2.24) is 10.7 Å². The summed E-state index contributed by atoms with van der Waals surface area (Å²) in [4.78, 5) is 13.5. The quantitative estimate of drug-likeness (QED) is 0.660. The predicted octanol–water partition coefficient (Wildman–Crippen LogP) is 0.580. The molecule has 3 rings (SSSR count). The van der Waals surface area contributed by atoms with E-state index in [2.05, 4.69) is 15.8 Å². The summed E-state index contributed by atoms with van der Waals surface area (Å²) in [5, 5.41) is 17.9. The molecular weight excluding hydrogens is 276 g/mol. The number of hydrogen-bond donors (Lipinski definition) is 3. The van der Waals surface area contributed by atoms with Gasteiger partial charge >= 0.3 is 0 Å². The molecule has 2 heterocycles. The van der Waals surface area contributed by atoms with Gasteiger partial charge in [0.15, 0.2) is 5.11 Å². The number of amides is 1. The second-order valence-electron chi connectivity index (χ2n) is 4.80. The molecule has 0 saturated heterocycles. The number of carbonyl (C=O) groups is 1. The van der Waals surface area contributed by atoms with Crippen molar-refractivity contribution in [3.8, 4) is 0 Å². The van der Waals surface area contributed by atoms with Gasteiger partial charge in [0.05, 0.1) is 5.69 Å². The molecule has 1 amide bonds. The number of carbonyl (C=O) groups excluding carboxylic acids is 1. The Hall–Kier alpha value is -1.99. The summed E-state index contributed by atoms with van der Waals surface area (Å²) >= 11 is 4.99. The zero-order chi connectivity index (χ0) is 14.5. The van der Waals surface area contributed by atoms with Crippen molar-refractivity contribution in [1.29, 1.82) is 0 Å². The summed E-state index contributed by atoms with van der Waals surface area (Å²) in [6.07, 6.45) is 0.269. The lowest BCUT2D eigenvalue weighted by atomic mass is 10.1. The topological polar surface area (TPSA) is 77.0 Å². The average Bonchev–Trinajstić information content (AvgIpc) is 2.64. The standard InChI is InChI=1S/C13H14N4O2S/c1-3-10(18)17-9-5-4-7(2)6-8(9)11-13(17,19)14-12(20)16-15-11/h4-6,19H,3H2,1-2H3,(H2,14,16,20)/t13-/m1/s1. The van der Waals surface area contributed by atoms with Crippen LogP contribution in [-0.4, -0.2) is 27.7 Å². The highest BCUT2D eigenvalue weighted by Crippen LogP contribution is 2.38. The summed E-state index contributed by atoms with van der Waals surface area (Å²) in [5.41, 5.74) is 5.35. The first-order valence-electron chi connectivity index (χ1n) is 6.30. The van der Waals surface area contributed by atoms with Gasteiger partial charge in [-0.05, 0) is 31.3 Å². The third-order valence-corrected chi connectivity index (χ3v) is 3.60. The maximum absolute atomic E-state index is 12.2. The van der Waals surface area contributed by atoms with E-state index in [1.807, 2.05) is 25.1 Å². The Morgan fingerprint density at radius 3 is 3.00 bits per heavy atom. The number of benzene rings is 1. The highest BCUT2D eigenvalue weighted by Gasteiger charge is 2.53. The zero-order valence-electron chi connectivity index (χ0n) is 11.1. The van der Waals surface area contributed by atoms with Crippen LogP contribution in [0.15, 0.2) is 23.3 Å². The number of hydrogen-bond acceptors (Lipinski definition) is 4. The van der Waals surface area contributed by atoms with Crippen LogP contribution in [0.25, 0.3) is 0 Å². The molecule has 3 N–H and O–H groups in total. The van der Waals surface area contributed by atoms with E-state index in [9.17, 15) is 9.90 Å². The molecule has 0 saturated carbocycles. The number of aliphatic hydroxyl groups is 1. The van der Waals surface area contributed by atoms with Crippen LogP contribution in [0.4, 0.5) is 5.69 Å². The van der Waals surface area contributed by atoms with Gasteiger partial charge in [0.1, 0.15) is 5.71 Å². The van der Waals surface area contributed by atoms with Gasteiger partial charge in [0.2, 0.25) is 5.91 Å². The van der Waals surface area contributed by atoms with Crippen LogP contribution in [0.2, 0.25) is 0 Å². The SMILES string of the molecule is CCC(=O)N1c2ccc(C)cc2C2=NNC(=S)N[C@]21O. The summed E-state index contributed by atoms with van der Waals surface area (Å²) in [6, 6.07) is 5.59. The molecule has 1 aromatic rings. The van der Waals surface area contributed by atoms with E-state index < -0.39 is 5.85 Å². The Balaban J connectivity index is 2.25. The van der Waals surface area contributed by atoms with Crippen LogP contribution in [-0.2, 0) is 4.79 Å². The fourth-order valence-corrected chi connectivity index (χ4v) is 2.71. The highest BCUT2D eigenvalue weighted by molar-refractivity contribution is 7.80. The molecule has 0 bridgehead atoms. The Morgan fingerprint density at radius 1 is 1.55 bits per heavy atom. The first-order valence-corrected chi connectivity index (χ1v) is 6.71. The number of anilines is 1. The molecule has 2 aliphatic heterocycles. The minimum Gasteiger partial charge on any atom is -0.349 e. The largest absolute Gasteiger partial charge is 0.349 e. The molecule has 1 atom stereocenters. The normalized spacial score (nSPS) is 23.4. The lowest BCUT2D eigenvalue weighted by Crippen LogP contribution is -2.68. The minimum absolute atomic E-state index is 0.176. The molecule has 0 aliphatic carbocycles. The zero-order valence-corrected chi connectivity index (χ0v) is 11.9. The highest BCUT2D eigenvalue weighted by atomic mass is 32.1. The molecule has 1 aromatic carbocycles. The second kappa shape index (κ2) is 4.26. The van der Waals surface area contributed by atoms with Crippen molar-refractivity contribution in [3.63, 3.8) is 0 Å². The molecule has 0 aromatic heterocycles. The van der Waals surface area contributed by atoms with Gasteiger partial charge in [0.25, 0.3) is 5.85 Å². The average molecular weight is 290 g/mol. The molecular formula is C13H14N4O2S. The third kappa shape index (κ3) is 1.63. The van der Waals surface area contributed by atoms with E-state index in [-0.39, 0.29) is 17.4 Å². The van der Waals surface area contributed by atoms with Crippen molar-refractivity contribution < 1.29 is 9.90 Å². The van der Waals surface area contributed by atoms with Crippen molar-refractivity contribution in [2.24, 2.45) is 5.10 Å². The maximum Gasteiger partial charge on any atom is 0.273 e. The number of rotatable bonds is 1. The number of fused-ring (bicyclic) bond motifs is 3. The number of nitrogens with one attached hydrogen (secondary N) is 2. The van der Waals surface area contributed by atoms with Crippen LogP contribution < -0.4 is 15.6 Å². The van der Waals surface area contributed by atoms with Crippen LogP contribution in [0.3, 0.4) is 0 Å². The molecule has 2 aliphatic rings. The van der Waals surface area contributed by atoms with Gasteiger partial charge in [0, 0.05) is 12.0 Å². The van der Waals surface area contributed by atoms with E-state index in [1.165, 1.54) is 4.90 Å². The number of aryl methyl sites for hydroxylation is 1. The fraction of sp³-hybridized carbons (Fsp3) is 0.308. The van der Waals surface area contributed by atoms with Crippen molar-refractivity contribution in [2.45, 2.75) is 26.1 Å². The number of hydrazone groups is 1. The molecule has 0 fully saturated rings. The Kier molecular flexibility index (Phi) is 2.77. The van der Waals surface area contributed by atoms with Crippen LogP contribution >= 0.6 is 12.2 Å². The van der Waals surface area contributed by atoms with Crippen molar-refractivity contribution >= 4 is 34.6 Å². The molecule has 6 nitrogen and oxygen atoms in total. The smallest absolute Gasteiger partial charge is 0.273 e. The number of nitrogens with zero attached hydrogens (tertiary/aromatic N) is 2. The molecule has 7 heteroatoms. The molecule has 0 radical (unpaired) electrons. The monoisotopic (exact) mass is 290 g/mol. The summed E-state index contributed by atoms with van der Waals surface area (Å²) in [5.74, 6) is -1.93. The van der Waals surface area contributed by atoms with E-state index in [1.54, 1.807) is 6.92 Å². The van der Waals surface area contributed by atoms with E-state index >= 15 is 0 Å². The maximum atomic E-state index is 12.2. The number of thiocarbonyl (C=S) groups is 1. The predicted molar refractivity (Wildman–Crippen MR) is 79.3 cm³/mol. The van der Waals surface area contributed by atoms with Gasteiger partial charge in [-0.15, -0.1) is 0 Å². The van der Waals surface area contributed by atoms with E-state index in [0.29, 0.717) is 11.4 Å². The van der Waals surface area contributed by atoms with E-state index in [0.717, 1.165) is 11.1 Å². The summed E-state index contributed by atoms with van der Waals surface area (Å²) in [7, 11) is 0. The minimum atomic E-state index is -1.72. The first-order chi connectivity index (χ1) is 9.47. The Bertz CT molecular complexity index is 658. The lowest BCUT2D eigenvalue weighted by Gasteiger charge is -2.36. The van der Waals surface area contributed by atoms with Crippen molar-refractivity contribution in [2.75, 3.05) is 4.90 Å². The van der Waals surface area contributed by atoms with E-state index in [4.69, 9.17) is 12.2 Å². The van der Waals surface area contributed by atoms with Crippen LogP contribution in [0, 0.1) is 6.92 Å². The first kappa shape index (κ1) is 13.0.